The molecular formula is C10H21NO. The van der Waals surface area contributed by atoms with E-state index >= 15 is 0 Å². The molecule has 0 rings (SSSR count). The summed E-state index contributed by atoms with van der Waals surface area (Å²) in [5, 5.41) is 0. The van der Waals surface area contributed by atoms with Crippen LogP contribution in [-0.2, 0) is 4.74 Å². The fourth-order valence-electron chi connectivity index (χ4n) is 1.12. The fraction of sp³-hybridized carbons (Fsp3) is 0.800. The number of hydrogen-bond acceptors (Lipinski definition) is 2. The Morgan fingerprint density at radius 1 is 1.00 bits per heavy atom. The maximum atomic E-state index is 5.38. The average Bonchev–Trinajstić information content (AvgIpc) is 2.10. The van der Waals surface area contributed by atoms with Crippen LogP contribution in [0.2, 0.25) is 0 Å². The Balaban J connectivity index is 2.77. The largest absolute Gasteiger partial charge is 0.502 e. The van der Waals surface area contributed by atoms with Crippen molar-refractivity contribution >= 4 is 0 Å². The van der Waals surface area contributed by atoms with Crippen molar-refractivity contribution < 1.29 is 4.74 Å². The van der Waals surface area contributed by atoms with E-state index in [1.807, 2.05) is 0 Å². The molecular weight excluding hydrogens is 150 g/mol. The maximum absolute atomic E-state index is 5.38. The Kier molecular flexibility index (Phi) is 10.1. The first kappa shape index (κ1) is 11.5. The molecule has 0 aromatic heterocycles. The van der Waals surface area contributed by atoms with Crippen LogP contribution >= 0.6 is 0 Å². The van der Waals surface area contributed by atoms with Crippen molar-refractivity contribution in [1.82, 2.24) is 0 Å². The van der Waals surface area contributed by atoms with Crippen molar-refractivity contribution in [3.05, 3.63) is 12.8 Å². The zero-order valence-electron chi connectivity index (χ0n) is 7.93. The second kappa shape index (κ2) is 10.5. The van der Waals surface area contributed by atoms with Crippen LogP contribution in [0.4, 0.5) is 0 Å². The second-order valence-electron chi connectivity index (χ2n) is 2.95. The van der Waals surface area contributed by atoms with Crippen molar-refractivity contribution in [2.24, 2.45) is 5.73 Å². The van der Waals surface area contributed by atoms with E-state index < -0.39 is 0 Å². The van der Waals surface area contributed by atoms with Crippen molar-refractivity contribution in [1.29, 1.82) is 0 Å². The predicted molar refractivity (Wildman–Crippen MR) is 52.9 cm³/mol. The van der Waals surface area contributed by atoms with Gasteiger partial charge < -0.3 is 10.5 Å². The zero-order valence-corrected chi connectivity index (χ0v) is 7.93. The number of hydrogen-bond donors (Lipinski definition) is 1. The molecule has 2 nitrogen and oxygen atoms in total. The van der Waals surface area contributed by atoms with Gasteiger partial charge in [-0.15, -0.1) is 0 Å². The molecule has 72 valence electrons. The van der Waals surface area contributed by atoms with Crippen LogP contribution in [0.15, 0.2) is 12.8 Å². The lowest BCUT2D eigenvalue weighted by atomic mass is 10.1. The summed E-state index contributed by atoms with van der Waals surface area (Å²) in [4.78, 5) is 0. The minimum atomic E-state index is 0.820. The van der Waals surface area contributed by atoms with E-state index in [9.17, 15) is 0 Å². The Morgan fingerprint density at radius 3 is 2.17 bits per heavy atom. The quantitative estimate of drug-likeness (QED) is 0.427. The molecule has 0 saturated carbocycles. The second-order valence-corrected chi connectivity index (χ2v) is 2.95. The number of rotatable bonds is 9. The van der Waals surface area contributed by atoms with Gasteiger partial charge in [-0.1, -0.05) is 32.3 Å². The van der Waals surface area contributed by atoms with Crippen LogP contribution in [-0.4, -0.2) is 13.2 Å². The van der Waals surface area contributed by atoms with Gasteiger partial charge in [-0.2, -0.15) is 0 Å². The lowest BCUT2D eigenvalue weighted by molar-refractivity contribution is 0.241. The molecule has 2 heteroatoms. The molecule has 0 fully saturated rings. The molecule has 0 aromatic carbocycles. The standard InChI is InChI=1S/C10H21NO/c1-2-12-10-8-6-4-3-5-7-9-11/h2H,1,3-11H2. The summed E-state index contributed by atoms with van der Waals surface area (Å²) in [6, 6.07) is 0. The Hall–Kier alpha value is -0.500. The first-order valence-electron chi connectivity index (χ1n) is 4.84. The highest BCUT2D eigenvalue weighted by Crippen LogP contribution is 2.04. The predicted octanol–water partition coefficient (Wildman–Crippen LogP) is 2.45. The maximum Gasteiger partial charge on any atom is 0.0873 e. The zero-order chi connectivity index (χ0) is 9.07. The van der Waals surface area contributed by atoms with Crippen LogP contribution in [0.3, 0.4) is 0 Å². The van der Waals surface area contributed by atoms with E-state index in [4.69, 9.17) is 10.5 Å². The third kappa shape index (κ3) is 9.50. The highest BCUT2D eigenvalue weighted by molar-refractivity contribution is 4.50. The summed E-state index contributed by atoms with van der Waals surface area (Å²) < 4.78 is 5.01. The van der Waals surface area contributed by atoms with Gasteiger partial charge in [0.15, 0.2) is 0 Å². The lowest BCUT2D eigenvalue weighted by Gasteiger charge is -2.00. The summed E-state index contributed by atoms with van der Waals surface area (Å²) >= 11 is 0. The van der Waals surface area contributed by atoms with Crippen LogP contribution in [0, 0.1) is 0 Å². The SMILES string of the molecule is C=COCCCCCCCCN. The van der Waals surface area contributed by atoms with E-state index in [-0.39, 0.29) is 0 Å². The molecule has 0 aliphatic heterocycles. The summed E-state index contributed by atoms with van der Waals surface area (Å²) in [5.41, 5.74) is 5.38. The van der Waals surface area contributed by atoms with Gasteiger partial charge in [0.25, 0.3) is 0 Å². The van der Waals surface area contributed by atoms with Crippen LogP contribution in [0.1, 0.15) is 38.5 Å². The van der Waals surface area contributed by atoms with E-state index in [0.29, 0.717) is 0 Å². The number of ether oxygens (including phenoxy) is 1. The Bertz CT molecular complexity index is 93.8. The smallest absolute Gasteiger partial charge is 0.0873 e. The molecule has 2 N–H and O–H groups in total. The van der Waals surface area contributed by atoms with E-state index in [1.54, 1.807) is 0 Å². The third-order valence-electron chi connectivity index (χ3n) is 1.83. The van der Waals surface area contributed by atoms with E-state index in [1.165, 1.54) is 38.4 Å². The molecule has 0 aliphatic carbocycles. The van der Waals surface area contributed by atoms with E-state index in [2.05, 4.69) is 6.58 Å². The van der Waals surface area contributed by atoms with Gasteiger partial charge in [-0.05, 0) is 19.4 Å². The minimum Gasteiger partial charge on any atom is -0.502 e. The van der Waals surface area contributed by atoms with Gasteiger partial charge in [0, 0.05) is 0 Å². The van der Waals surface area contributed by atoms with Crippen molar-refractivity contribution in [3.8, 4) is 0 Å². The highest BCUT2D eigenvalue weighted by atomic mass is 16.5. The van der Waals surface area contributed by atoms with Crippen molar-refractivity contribution in [2.45, 2.75) is 38.5 Å². The molecule has 12 heavy (non-hydrogen) atoms. The molecule has 0 saturated heterocycles. The number of unbranched alkanes of at least 4 members (excludes halogenated alkanes) is 5. The van der Waals surface area contributed by atoms with Gasteiger partial charge >= 0.3 is 0 Å². The topological polar surface area (TPSA) is 35.2 Å². The summed E-state index contributed by atoms with van der Waals surface area (Å²) in [6.07, 6.45) is 8.98. The first-order valence-corrected chi connectivity index (χ1v) is 4.84. The molecule has 0 aromatic rings. The molecule has 0 aliphatic rings. The molecule has 0 amide bonds. The monoisotopic (exact) mass is 171 g/mol. The normalized spacial score (nSPS) is 9.75. The molecule has 0 atom stereocenters. The van der Waals surface area contributed by atoms with Crippen LogP contribution < -0.4 is 5.73 Å². The molecule has 0 bridgehead atoms. The third-order valence-corrected chi connectivity index (χ3v) is 1.83. The molecule has 0 heterocycles. The van der Waals surface area contributed by atoms with Gasteiger partial charge in [-0.3, -0.25) is 0 Å². The van der Waals surface area contributed by atoms with Gasteiger partial charge in [-0.25, -0.2) is 0 Å². The lowest BCUT2D eigenvalue weighted by Crippen LogP contribution is -1.97. The fourth-order valence-corrected chi connectivity index (χ4v) is 1.12. The number of nitrogens with two attached hydrogens (primary N) is 1. The average molecular weight is 171 g/mol. The summed E-state index contributed by atoms with van der Waals surface area (Å²) in [6.45, 7) is 5.14. The summed E-state index contributed by atoms with van der Waals surface area (Å²) in [5.74, 6) is 0. The molecule has 0 unspecified atom stereocenters. The van der Waals surface area contributed by atoms with E-state index in [0.717, 1.165) is 19.6 Å². The highest BCUT2D eigenvalue weighted by Gasteiger charge is 1.89. The Morgan fingerprint density at radius 2 is 1.58 bits per heavy atom. The van der Waals surface area contributed by atoms with Gasteiger partial charge in [0.2, 0.25) is 0 Å². The van der Waals surface area contributed by atoms with Crippen molar-refractivity contribution in [2.75, 3.05) is 13.2 Å². The van der Waals surface area contributed by atoms with Gasteiger partial charge in [0.05, 0.1) is 12.9 Å². The van der Waals surface area contributed by atoms with Crippen LogP contribution in [0.25, 0.3) is 0 Å². The molecule has 0 spiro atoms. The minimum absolute atomic E-state index is 0.820. The van der Waals surface area contributed by atoms with Crippen molar-refractivity contribution in [3.63, 3.8) is 0 Å². The Labute approximate surface area is 75.8 Å². The van der Waals surface area contributed by atoms with Crippen LogP contribution in [0.5, 0.6) is 0 Å². The first-order chi connectivity index (χ1) is 5.91. The molecule has 0 radical (unpaired) electrons. The summed E-state index contributed by atoms with van der Waals surface area (Å²) in [7, 11) is 0. The van der Waals surface area contributed by atoms with Gasteiger partial charge in [0.1, 0.15) is 0 Å².